The van der Waals surface area contributed by atoms with Gasteiger partial charge < -0.3 is 10.2 Å². The smallest absolute Gasteiger partial charge is 0.255 e. The maximum absolute atomic E-state index is 13.1. The number of nitrogens with zero attached hydrogens (tertiary/aromatic N) is 3. The average Bonchev–Trinajstić information content (AvgIpc) is 3.21. The van der Waals surface area contributed by atoms with Gasteiger partial charge in [-0.2, -0.15) is 0 Å². The van der Waals surface area contributed by atoms with Gasteiger partial charge in [0.2, 0.25) is 10.0 Å². The van der Waals surface area contributed by atoms with E-state index in [1.807, 2.05) is 30.3 Å². The van der Waals surface area contributed by atoms with E-state index in [1.54, 1.807) is 0 Å². The zero-order chi connectivity index (χ0) is 19.7. The molecule has 7 nitrogen and oxygen atoms in total. The first-order chi connectivity index (χ1) is 13.4. The van der Waals surface area contributed by atoms with Crippen molar-refractivity contribution in [2.75, 3.05) is 37.3 Å². The Balaban J connectivity index is 1.61. The Morgan fingerprint density at radius 1 is 1.14 bits per heavy atom. The minimum Gasteiger partial charge on any atom is -0.356 e. The number of fused-ring (bicyclic) bond motifs is 1. The second-order valence-corrected chi connectivity index (χ2v) is 9.66. The third kappa shape index (κ3) is 3.98. The van der Waals surface area contributed by atoms with Crippen molar-refractivity contribution in [1.29, 1.82) is 0 Å². The molecule has 2 aliphatic heterocycles. The molecule has 2 saturated heterocycles. The minimum atomic E-state index is -3.25. The van der Waals surface area contributed by atoms with Crippen LogP contribution >= 0.6 is 0 Å². The molecule has 0 spiro atoms. The highest BCUT2D eigenvalue weighted by Gasteiger charge is 2.29. The van der Waals surface area contributed by atoms with E-state index in [1.165, 1.54) is 10.6 Å². The first-order valence-electron chi connectivity index (χ1n) is 9.82. The number of rotatable bonds is 4. The summed E-state index contributed by atoms with van der Waals surface area (Å²) in [6.45, 7) is 2.64. The fraction of sp³-hybridized carbons (Fsp3) is 0.500. The molecular weight excluding hydrogens is 376 g/mol. The Morgan fingerprint density at radius 3 is 2.64 bits per heavy atom. The highest BCUT2D eigenvalue weighted by Crippen LogP contribution is 2.27. The van der Waals surface area contributed by atoms with E-state index in [4.69, 9.17) is 4.98 Å². The molecule has 4 rings (SSSR count). The highest BCUT2D eigenvalue weighted by atomic mass is 32.2. The summed E-state index contributed by atoms with van der Waals surface area (Å²) in [6, 6.07) is 9.52. The molecule has 0 bridgehead atoms. The molecule has 3 heterocycles. The van der Waals surface area contributed by atoms with Crippen LogP contribution < -0.4 is 10.2 Å². The predicted octanol–water partition coefficient (Wildman–Crippen LogP) is 1.99. The first kappa shape index (κ1) is 19.1. The molecule has 1 aromatic heterocycles. The second kappa shape index (κ2) is 7.67. The van der Waals surface area contributed by atoms with E-state index in [0.29, 0.717) is 18.7 Å². The summed E-state index contributed by atoms with van der Waals surface area (Å²) in [6.07, 6.45) is 4.93. The number of hydrogen-bond acceptors (Lipinski definition) is 5. The van der Waals surface area contributed by atoms with Crippen molar-refractivity contribution < 1.29 is 13.2 Å². The molecule has 1 unspecified atom stereocenters. The quantitative estimate of drug-likeness (QED) is 0.846. The summed E-state index contributed by atoms with van der Waals surface area (Å²) < 4.78 is 25.2. The molecule has 2 aromatic rings. The van der Waals surface area contributed by atoms with Gasteiger partial charge in [0, 0.05) is 37.6 Å². The summed E-state index contributed by atoms with van der Waals surface area (Å²) in [5, 5.41) is 3.98. The number of hydrogen-bond donors (Lipinski definition) is 1. The SMILES string of the molecule is CS(=O)(=O)N1CCCC(NC(=O)c2cc3ccccc3nc2N2CCCC2)C1. The van der Waals surface area contributed by atoms with Crippen LogP contribution in [0.4, 0.5) is 5.82 Å². The van der Waals surface area contributed by atoms with Crippen LogP contribution in [0.1, 0.15) is 36.0 Å². The van der Waals surface area contributed by atoms with Crippen molar-refractivity contribution >= 4 is 32.7 Å². The van der Waals surface area contributed by atoms with E-state index >= 15 is 0 Å². The van der Waals surface area contributed by atoms with Crippen LogP contribution in [0, 0.1) is 0 Å². The number of nitrogens with one attached hydrogen (secondary N) is 1. The van der Waals surface area contributed by atoms with E-state index in [2.05, 4.69) is 10.2 Å². The molecule has 1 amide bonds. The van der Waals surface area contributed by atoms with E-state index in [9.17, 15) is 13.2 Å². The van der Waals surface area contributed by atoms with Crippen molar-refractivity contribution in [3.05, 3.63) is 35.9 Å². The Bertz CT molecular complexity index is 986. The average molecular weight is 403 g/mol. The zero-order valence-electron chi connectivity index (χ0n) is 16.1. The third-order valence-electron chi connectivity index (χ3n) is 5.54. The van der Waals surface area contributed by atoms with Gasteiger partial charge in [-0.1, -0.05) is 18.2 Å². The lowest BCUT2D eigenvalue weighted by atomic mass is 10.1. The molecule has 0 saturated carbocycles. The summed E-state index contributed by atoms with van der Waals surface area (Å²) >= 11 is 0. The fourth-order valence-corrected chi connectivity index (χ4v) is 4.98. The number of pyridine rings is 1. The number of aromatic nitrogens is 1. The van der Waals surface area contributed by atoms with Crippen molar-refractivity contribution in [2.24, 2.45) is 0 Å². The molecule has 2 fully saturated rings. The molecular formula is C20H26N4O3S. The number of carbonyl (C=O) groups excluding carboxylic acids is 1. The molecule has 0 aliphatic carbocycles. The fourth-order valence-electron chi connectivity index (χ4n) is 4.07. The van der Waals surface area contributed by atoms with Gasteiger partial charge in [-0.3, -0.25) is 4.79 Å². The van der Waals surface area contributed by atoms with Crippen LogP contribution in [0.25, 0.3) is 10.9 Å². The highest BCUT2D eigenvalue weighted by molar-refractivity contribution is 7.88. The van der Waals surface area contributed by atoms with Crippen molar-refractivity contribution in [1.82, 2.24) is 14.6 Å². The first-order valence-corrected chi connectivity index (χ1v) is 11.7. The van der Waals surface area contributed by atoms with Gasteiger partial charge in [0.05, 0.1) is 17.3 Å². The van der Waals surface area contributed by atoms with E-state index < -0.39 is 10.0 Å². The van der Waals surface area contributed by atoms with Gasteiger partial charge in [-0.15, -0.1) is 0 Å². The van der Waals surface area contributed by atoms with Crippen molar-refractivity contribution in [3.63, 3.8) is 0 Å². The number of para-hydroxylation sites is 1. The summed E-state index contributed by atoms with van der Waals surface area (Å²) in [7, 11) is -3.25. The Hall–Kier alpha value is -2.19. The standard InChI is InChI=1S/C20H26N4O3S/c1-28(26,27)24-12-6-8-16(14-24)21-20(25)17-13-15-7-2-3-9-18(15)22-19(17)23-10-4-5-11-23/h2-3,7,9,13,16H,4-6,8,10-12,14H2,1H3,(H,21,25). The van der Waals surface area contributed by atoms with E-state index in [0.717, 1.165) is 55.5 Å². The number of carbonyl (C=O) groups is 1. The number of amides is 1. The summed E-state index contributed by atoms with van der Waals surface area (Å²) in [4.78, 5) is 20.1. The van der Waals surface area contributed by atoms with Gasteiger partial charge in [-0.05, 0) is 37.8 Å². The van der Waals surface area contributed by atoms with Crippen LogP contribution in [-0.2, 0) is 10.0 Å². The maximum atomic E-state index is 13.1. The number of piperidine rings is 1. The second-order valence-electron chi connectivity index (χ2n) is 7.68. The van der Waals surface area contributed by atoms with Crippen LogP contribution in [0.3, 0.4) is 0 Å². The molecule has 2 aliphatic rings. The normalized spacial score (nSPS) is 21.2. The molecule has 150 valence electrons. The molecule has 1 aromatic carbocycles. The van der Waals surface area contributed by atoms with Crippen LogP contribution in [0.15, 0.2) is 30.3 Å². The van der Waals surface area contributed by atoms with Crippen molar-refractivity contribution in [2.45, 2.75) is 31.7 Å². The Labute approximate surface area is 165 Å². The number of sulfonamides is 1. The predicted molar refractivity (Wildman–Crippen MR) is 110 cm³/mol. The molecule has 8 heteroatoms. The van der Waals surface area contributed by atoms with Gasteiger partial charge in [0.15, 0.2) is 0 Å². The van der Waals surface area contributed by atoms with Crippen molar-refractivity contribution in [3.8, 4) is 0 Å². The number of benzene rings is 1. The zero-order valence-corrected chi connectivity index (χ0v) is 16.9. The topological polar surface area (TPSA) is 82.6 Å². The van der Waals surface area contributed by atoms with Gasteiger partial charge >= 0.3 is 0 Å². The maximum Gasteiger partial charge on any atom is 0.255 e. The van der Waals surface area contributed by atoms with Crippen LogP contribution in [0.2, 0.25) is 0 Å². The molecule has 0 radical (unpaired) electrons. The molecule has 1 N–H and O–H groups in total. The third-order valence-corrected chi connectivity index (χ3v) is 6.81. The lowest BCUT2D eigenvalue weighted by Gasteiger charge is -2.31. The molecule has 28 heavy (non-hydrogen) atoms. The lowest BCUT2D eigenvalue weighted by molar-refractivity contribution is 0.0922. The summed E-state index contributed by atoms with van der Waals surface area (Å²) in [5.41, 5.74) is 1.44. The Morgan fingerprint density at radius 2 is 1.89 bits per heavy atom. The Kier molecular flexibility index (Phi) is 5.25. The number of anilines is 1. The minimum absolute atomic E-state index is 0.180. The molecule has 1 atom stereocenters. The summed E-state index contributed by atoms with van der Waals surface area (Å²) in [5.74, 6) is 0.546. The van der Waals surface area contributed by atoms with Crippen LogP contribution in [0.5, 0.6) is 0 Å². The van der Waals surface area contributed by atoms with Gasteiger partial charge in [0.1, 0.15) is 5.82 Å². The largest absolute Gasteiger partial charge is 0.356 e. The lowest BCUT2D eigenvalue weighted by Crippen LogP contribution is -2.49. The monoisotopic (exact) mass is 402 g/mol. The van der Waals surface area contributed by atoms with E-state index in [-0.39, 0.29) is 11.9 Å². The van der Waals surface area contributed by atoms with Crippen LogP contribution in [-0.4, -0.2) is 62.1 Å². The van der Waals surface area contributed by atoms with Gasteiger partial charge in [-0.25, -0.2) is 17.7 Å². The van der Waals surface area contributed by atoms with Gasteiger partial charge in [0.25, 0.3) is 5.91 Å².